The second kappa shape index (κ2) is 4.49. The first-order chi connectivity index (χ1) is 7.25. The fourth-order valence-electron chi connectivity index (χ4n) is 1.13. The lowest BCUT2D eigenvalue weighted by Gasteiger charge is -2.05. The van der Waals surface area contributed by atoms with E-state index in [0.29, 0.717) is 5.76 Å². The number of benzene rings is 1. The zero-order valence-corrected chi connectivity index (χ0v) is 9.33. The molecule has 0 amide bonds. The fourth-order valence-corrected chi connectivity index (χ4v) is 1.47. The molecule has 0 saturated carbocycles. The lowest BCUT2D eigenvalue weighted by Crippen LogP contribution is -1.95. The van der Waals surface area contributed by atoms with E-state index in [4.69, 9.17) is 9.15 Å². The van der Waals surface area contributed by atoms with Gasteiger partial charge in [-0.05, 0) is 30.3 Å². The summed E-state index contributed by atoms with van der Waals surface area (Å²) in [7, 11) is 0. The molecule has 0 aliphatic heterocycles. The Morgan fingerprint density at radius 2 is 2.20 bits per heavy atom. The van der Waals surface area contributed by atoms with Gasteiger partial charge in [-0.15, -0.1) is 0 Å². The second-order valence-electron chi connectivity index (χ2n) is 2.94. The van der Waals surface area contributed by atoms with E-state index in [1.165, 1.54) is 6.07 Å². The molecule has 1 heterocycles. The van der Waals surface area contributed by atoms with Crippen LogP contribution in [0.15, 0.2) is 45.5 Å². The lowest BCUT2D eigenvalue weighted by molar-refractivity contribution is 0.258. The molecule has 78 valence electrons. The van der Waals surface area contributed by atoms with Crippen LogP contribution in [0.25, 0.3) is 0 Å². The first-order valence-corrected chi connectivity index (χ1v) is 5.15. The van der Waals surface area contributed by atoms with Crippen LogP contribution in [0.3, 0.4) is 0 Å². The zero-order chi connectivity index (χ0) is 10.7. The normalized spacial score (nSPS) is 10.3. The first kappa shape index (κ1) is 10.2. The molecule has 0 radical (unpaired) electrons. The van der Waals surface area contributed by atoms with Gasteiger partial charge in [-0.3, -0.25) is 0 Å². The van der Waals surface area contributed by atoms with Crippen LogP contribution in [0.4, 0.5) is 4.39 Å². The third kappa shape index (κ3) is 2.59. The number of hydrogen-bond donors (Lipinski definition) is 0. The van der Waals surface area contributed by atoms with Crippen molar-refractivity contribution in [1.29, 1.82) is 0 Å². The minimum Gasteiger partial charge on any atom is -0.483 e. The lowest BCUT2D eigenvalue weighted by atomic mass is 10.3. The summed E-state index contributed by atoms with van der Waals surface area (Å²) >= 11 is 3.24. The summed E-state index contributed by atoms with van der Waals surface area (Å²) in [6, 6.07) is 8.08. The van der Waals surface area contributed by atoms with E-state index >= 15 is 0 Å². The Labute approximate surface area is 94.8 Å². The summed E-state index contributed by atoms with van der Waals surface area (Å²) < 4.78 is 24.3. The predicted octanol–water partition coefficient (Wildman–Crippen LogP) is 3.76. The number of rotatable bonds is 3. The van der Waals surface area contributed by atoms with Gasteiger partial charge in [-0.25, -0.2) is 4.39 Å². The Hall–Kier alpha value is -1.29. The van der Waals surface area contributed by atoms with E-state index in [0.717, 1.165) is 4.47 Å². The molecule has 0 aliphatic carbocycles. The smallest absolute Gasteiger partial charge is 0.165 e. The molecule has 4 heteroatoms. The molecular formula is C11H8BrFO2. The van der Waals surface area contributed by atoms with Gasteiger partial charge in [0.05, 0.1) is 6.26 Å². The molecule has 2 rings (SSSR count). The topological polar surface area (TPSA) is 22.4 Å². The summed E-state index contributed by atoms with van der Waals surface area (Å²) in [5, 5.41) is 0. The zero-order valence-electron chi connectivity index (χ0n) is 7.74. The van der Waals surface area contributed by atoms with E-state index in [-0.39, 0.29) is 18.2 Å². The summed E-state index contributed by atoms with van der Waals surface area (Å²) in [6.07, 6.45) is 1.55. The van der Waals surface area contributed by atoms with E-state index in [1.54, 1.807) is 30.5 Å². The van der Waals surface area contributed by atoms with Crippen molar-refractivity contribution in [2.45, 2.75) is 6.61 Å². The first-order valence-electron chi connectivity index (χ1n) is 4.36. The number of ether oxygens (including phenoxy) is 1. The van der Waals surface area contributed by atoms with Crippen molar-refractivity contribution in [3.63, 3.8) is 0 Å². The largest absolute Gasteiger partial charge is 0.483 e. The van der Waals surface area contributed by atoms with Crippen molar-refractivity contribution in [2.24, 2.45) is 0 Å². The molecule has 1 aromatic heterocycles. The van der Waals surface area contributed by atoms with Crippen LogP contribution in [0.5, 0.6) is 5.75 Å². The van der Waals surface area contributed by atoms with E-state index in [2.05, 4.69) is 15.9 Å². The quantitative estimate of drug-likeness (QED) is 0.848. The van der Waals surface area contributed by atoms with Gasteiger partial charge < -0.3 is 9.15 Å². The molecule has 0 unspecified atom stereocenters. The Balaban J connectivity index is 2.07. The van der Waals surface area contributed by atoms with Crippen molar-refractivity contribution in [2.75, 3.05) is 0 Å². The molecule has 0 aliphatic rings. The molecule has 2 nitrogen and oxygen atoms in total. The monoisotopic (exact) mass is 270 g/mol. The van der Waals surface area contributed by atoms with Crippen LogP contribution >= 0.6 is 15.9 Å². The van der Waals surface area contributed by atoms with Gasteiger partial charge in [0.15, 0.2) is 11.6 Å². The molecule has 0 fully saturated rings. The van der Waals surface area contributed by atoms with Crippen LogP contribution in [0.2, 0.25) is 0 Å². The van der Waals surface area contributed by atoms with Crippen LogP contribution < -0.4 is 4.74 Å². The highest BCUT2D eigenvalue weighted by Crippen LogP contribution is 2.23. The molecule has 0 bridgehead atoms. The fraction of sp³-hybridized carbons (Fsp3) is 0.0909. The summed E-state index contributed by atoms with van der Waals surface area (Å²) in [5.74, 6) is 0.486. The van der Waals surface area contributed by atoms with Crippen LogP contribution in [-0.4, -0.2) is 0 Å². The van der Waals surface area contributed by atoms with E-state index in [9.17, 15) is 4.39 Å². The van der Waals surface area contributed by atoms with Crippen molar-refractivity contribution in [1.82, 2.24) is 0 Å². The van der Waals surface area contributed by atoms with Gasteiger partial charge in [-0.2, -0.15) is 0 Å². The second-order valence-corrected chi connectivity index (χ2v) is 3.86. The van der Waals surface area contributed by atoms with Crippen LogP contribution in [0.1, 0.15) is 5.76 Å². The van der Waals surface area contributed by atoms with Gasteiger partial charge in [0.25, 0.3) is 0 Å². The summed E-state index contributed by atoms with van der Waals surface area (Å²) in [6.45, 7) is 0.223. The maximum absolute atomic E-state index is 13.2. The number of furan rings is 1. The number of hydrogen-bond acceptors (Lipinski definition) is 2. The van der Waals surface area contributed by atoms with Gasteiger partial charge in [0, 0.05) is 4.47 Å². The van der Waals surface area contributed by atoms with E-state index < -0.39 is 0 Å². The van der Waals surface area contributed by atoms with Crippen molar-refractivity contribution in [3.8, 4) is 5.75 Å². The standard InChI is InChI=1S/C11H8BrFO2/c12-8-3-4-10(13)11(6-8)15-7-9-2-1-5-14-9/h1-6H,7H2. The minimum absolute atomic E-state index is 0.209. The van der Waals surface area contributed by atoms with Gasteiger partial charge in [-0.1, -0.05) is 15.9 Å². The molecule has 15 heavy (non-hydrogen) atoms. The Bertz CT molecular complexity index is 440. The van der Waals surface area contributed by atoms with Gasteiger partial charge in [0.1, 0.15) is 12.4 Å². The van der Waals surface area contributed by atoms with E-state index in [1.807, 2.05) is 0 Å². The molecular weight excluding hydrogens is 263 g/mol. The minimum atomic E-state index is -0.384. The molecule has 0 atom stereocenters. The summed E-state index contributed by atoms with van der Waals surface area (Å²) in [5.41, 5.74) is 0. The maximum Gasteiger partial charge on any atom is 0.165 e. The highest BCUT2D eigenvalue weighted by Gasteiger charge is 2.04. The third-order valence-electron chi connectivity index (χ3n) is 1.84. The average Bonchev–Trinajstić information content (AvgIpc) is 2.72. The highest BCUT2D eigenvalue weighted by molar-refractivity contribution is 9.10. The van der Waals surface area contributed by atoms with Gasteiger partial charge >= 0.3 is 0 Å². The van der Waals surface area contributed by atoms with Gasteiger partial charge in [0.2, 0.25) is 0 Å². The van der Waals surface area contributed by atoms with Crippen LogP contribution in [0, 0.1) is 5.82 Å². The molecule has 0 spiro atoms. The Morgan fingerprint density at radius 1 is 1.33 bits per heavy atom. The number of halogens is 2. The maximum atomic E-state index is 13.2. The van der Waals surface area contributed by atoms with Crippen molar-refractivity contribution < 1.29 is 13.5 Å². The van der Waals surface area contributed by atoms with Crippen molar-refractivity contribution in [3.05, 3.63) is 52.6 Å². The third-order valence-corrected chi connectivity index (χ3v) is 2.34. The average molecular weight is 271 g/mol. The predicted molar refractivity (Wildman–Crippen MR) is 57.1 cm³/mol. The summed E-state index contributed by atoms with van der Waals surface area (Å²) in [4.78, 5) is 0. The molecule has 1 aromatic carbocycles. The highest BCUT2D eigenvalue weighted by atomic mass is 79.9. The Kier molecular flexibility index (Phi) is 3.06. The molecule has 2 aromatic rings. The van der Waals surface area contributed by atoms with Crippen molar-refractivity contribution >= 4 is 15.9 Å². The van der Waals surface area contributed by atoms with Crippen LogP contribution in [-0.2, 0) is 6.61 Å². The molecule has 0 saturated heterocycles. The Morgan fingerprint density at radius 3 is 2.93 bits per heavy atom. The SMILES string of the molecule is Fc1ccc(Br)cc1OCc1ccco1. The molecule has 0 N–H and O–H groups in total.